The van der Waals surface area contributed by atoms with Crippen molar-refractivity contribution >= 4 is 0 Å². The van der Waals surface area contributed by atoms with E-state index in [2.05, 4.69) is 10.9 Å². The lowest BCUT2D eigenvalue weighted by atomic mass is 10.1. The Kier molecular flexibility index (Phi) is 3.37. The number of hydrogen-bond acceptors (Lipinski definition) is 2. The SMILES string of the molecule is C#CCc1ccc(Oc2cccc(F)n2)cc1. The van der Waals surface area contributed by atoms with E-state index in [1.165, 1.54) is 6.07 Å². The van der Waals surface area contributed by atoms with Crippen LogP contribution in [-0.4, -0.2) is 4.98 Å². The molecule has 1 heterocycles. The summed E-state index contributed by atoms with van der Waals surface area (Å²) in [6.07, 6.45) is 5.79. The third kappa shape index (κ3) is 3.05. The van der Waals surface area contributed by atoms with Crippen LogP contribution in [-0.2, 0) is 6.42 Å². The van der Waals surface area contributed by atoms with Crippen molar-refractivity contribution in [3.63, 3.8) is 0 Å². The van der Waals surface area contributed by atoms with Crippen LogP contribution in [0.3, 0.4) is 0 Å². The lowest BCUT2D eigenvalue weighted by Gasteiger charge is -2.04. The number of pyridine rings is 1. The first kappa shape index (κ1) is 11.2. The Balaban J connectivity index is 2.11. The third-order valence-electron chi connectivity index (χ3n) is 2.14. The maximum atomic E-state index is 12.8. The zero-order valence-corrected chi connectivity index (χ0v) is 9.06. The van der Waals surface area contributed by atoms with Crippen LogP contribution in [0, 0.1) is 18.3 Å². The molecule has 0 saturated carbocycles. The van der Waals surface area contributed by atoms with Crippen LogP contribution in [0.5, 0.6) is 11.6 Å². The van der Waals surface area contributed by atoms with E-state index in [0.29, 0.717) is 12.2 Å². The molecule has 0 saturated heterocycles. The Labute approximate surface area is 99.1 Å². The number of nitrogens with zero attached hydrogens (tertiary/aromatic N) is 1. The van der Waals surface area contributed by atoms with Crippen LogP contribution in [0.2, 0.25) is 0 Å². The minimum Gasteiger partial charge on any atom is -0.439 e. The van der Waals surface area contributed by atoms with Gasteiger partial charge in [0.05, 0.1) is 0 Å². The van der Waals surface area contributed by atoms with Gasteiger partial charge in [0, 0.05) is 12.5 Å². The molecule has 0 aliphatic rings. The van der Waals surface area contributed by atoms with E-state index >= 15 is 0 Å². The van der Waals surface area contributed by atoms with Crippen LogP contribution in [0.15, 0.2) is 42.5 Å². The average molecular weight is 227 g/mol. The molecule has 2 rings (SSSR count). The van der Waals surface area contributed by atoms with Crippen LogP contribution >= 0.6 is 0 Å². The average Bonchev–Trinajstić information content (AvgIpc) is 2.32. The van der Waals surface area contributed by atoms with E-state index in [0.717, 1.165) is 5.56 Å². The molecule has 0 atom stereocenters. The van der Waals surface area contributed by atoms with Gasteiger partial charge in [0.2, 0.25) is 11.8 Å². The lowest BCUT2D eigenvalue weighted by Crippen LogP contribution is -1.90. The number of terminal acetylenes is 1. The maximum absolute atomic E-state index is 12.8. The van der Waals surface area contributed by atoms with Gasteiger partial charge in [-0.05, 0) is 23.8 Å². The largest absolute Gasteiger partial charge is 0.439 e. The fourth-order valence-corrected chi connectivity index (χ4v) is 1.36. The number of hydrogen-bond donors (Lipinski definition) is 0. The second kappa shape index (κ2) is 5.13. The second-order valence-electron chi connectivity index (χ2n) is 3.43. The van der Waals surface area contributed by atoms with Crippen molar-refractivity contribution in [3.05, 3.63) is 54.0 Å². The van der Waals surface area contributed by atoms with Gasteiger partial charge in [0.1, 0.15) is 5.75 Å². The summed E-state index contributed by atoms with van der Waals surface area (Å²) in [5.74, 6) is 2.83. The molecule has 3 heteroatoms. The molecule has 0 aliphatic heterocycles. The quantitative estimate of drug-likeness (QED) is 0.593. The standard InChI is InChI=1S/C14H10FNO/c1-2-4-11-7-9-12(10-8-11)17-14-6-3-5-13(15)16-14/h1,3,5-10H,4H2. The van der Waals surface area contributed by atoms with Crippen molar-refractivity contribution in [2.75, 3.05) is 0 Å². The minimum absolute atomic E-state index is 0.231. The Morgan fingerprint density at radius 1 is 1.18 bits per heavy atom. The molecule has 2 aromatic rings. The van der Waals surface area contributed by atoms with Crippen molar-refractivity contribution in [2.24, 2.45) is 0 Å². The van der Waals surface area contributed by atoms with Crippen molar-refractivity contribution < 1.29 is 9.13 Å². The normalized spacial score (nSPS) is 9.65. The fraction of sp³-hybridized carbons (Fsp3) is 0.0714. The predicted octanol–water partition coefficient (Wildman–Crippen LogP) is 3.19. The minimum atomic E-state index is -0.563. The molecular weight excluding hydrogens is 217 g/mol. The maximum Gasteiger partial charge on any atom is 0.221 e. The summed E-state index contributed by atoms with van der Waals surface area (Å²) >= 11 is 0. The molecule has 0 N–H and O–H groups in total. The summed E-state index contributed by atoms with van der Waals surface area (Å²) in [4.78, 5) is 3.61. The number of ether oxygens (including phenoxy) is 1. The Morgan fingerprint density at radius 3 is 2.59 bits per heavy atom. The number of rotatable bonds is 3. The van der Waals surface area contributed by atoms with Crippen molar-refractivity contribution in [1.82, 2.24) is 4.98 Å². The summed E-state index contributed by atoms with van der Waals surface area (Å²) < 4.78 is 18.2. The Hall–Kier alpha value is -2.34. The van der Waals surface area contributed by atoms with E-state index in [1.807, 2.05) is 12.1 Å². The highest BCUT2D eigenvalue weighted by Crippen LogP contribution is 2.19. The summed E-state index contributed by atoms with van der Waals surface area (Å²) in [6.45, 7) is 0. The van der Waals surface area contributed by atoms with E-state index in [9.17, 15) is 4.39 Å². The first-order valence-electron chi connectivity index (χ1n) is 5.11. The van der Waals surface area contributed by atoms with Crippen LogP contribution in [0.25, 0.3) is 0 Å². The molecule has 0 fully saturated rings. The first-order chi connectivity index (χ1) is 8.28. The molecule has 2 nitrogen and oxygen atoms in total. The van der Waals surface area contributed by atoms with Gasteiger partial charge < -0.3 is 4.74 Å². The monoisotopic (exact) mass is 227 g/mol. The molecule has 1 aromatic heterocycles. The van der Waals surface area contributed by atoms with Crippen molar-refractivity contribution in [1.29, 1.82) is 0 Å². The van der Waals surface area contributed by atoms with Gasteiger partial charge in [-0.15, -0.1) is 12.3 Å². The summed E-state index contributed by atoms with van der Waals surface area (Å²) in [6, 6.07) is 11.7. The Morgan fingerprint density at radius 2 is 1.94 bits per heavy atom. The zero-order valence-electron chi connectivity index (χ0n) is 9.06. The first-order valence-corrected chi connectivity index (χ1v) is 5.11. The lowest BCUT2D eigenvalue weighted by molar-refractivity contribution is 0.445. The third-order valence-corrected chi connectivity index (χ3v) is 2.14. The van der Waals surface area contributed by atoms with Gasteiger partial charge in [-0.25, -0.2) is 0 Å². The number of aromatic nitrogens is 1. The van der Waals surface area contributed by atoms with Gasteiger partial charge in [-0.2, -0.15) is 9.37 Å². The summed E-state index contributed by atoms with van der Waals surface area (Å²) in [5, 5.41) is 0. The van der Waals surface area contributed by atoms with Crippen molar-refractivity contribution in [3.8, 4) is 24.0 Å². The highest BCUT2D eigenvalue weighted by atomic mass is 19.1. The van der Waals surface area contributed by atoms with Crippen LogP contribution in [0.1, 0.15) is 5.56 Å². The molecule has 0 unspecified atom stereocenters. The molecule has 84 valence electrons. The van der Waals surface area contributed by atoms with Crippen molar-refractivity contribution in [2.45, 2.75) is 6.42 Å². The van der Waals surface area contributed by atoms with Crippen LogP contribution in [0.4, 0.5) is 4.39 Å². The van der Waals surface area contributed by atoms with Gasteiger partial charge >= 0.3 is 0 Å². The second-order valence-corrected chi connectivity index (χ2v) is 3.43. The van der Waals surface area contributed by atoms with Gasteiger partial charge in [0.25, 0.3) is 0 Å². The fourth-order valence-electron chi connectivity index (χ4n) is 1.36. The molecular formula is C14H10FNO. The van der Waals surface area contributed by atoms with Gasteiger partial charge in [0.15, 0.2) is 0 Å². The van der Waals surface area contributed by atoms with E-state index < -0.39 is 5.95 Å². The molecule has 0 aliphatic carbocycles. The molecule has 17 heavy (non-hydrogen) atoms. The van der Waals surface area contributed by atoms with Gasteiger partial charge in [-0.3, -0.25) is 0 Å². The molecule has 0 spiro atoms. The molecule has 1 aromatic carbocycles. The summed E-state index contributed by atoms with van der Waals surface area (Å²) in [7, 11) is 0. The molecule has 0 bridgehead atoms. The van der Waals surface area contributed by atoms with Crippen LogP contribution < -0.4 is 4.74 Å². The summed E-state index contributed by atoms with van der Waals surface area (Å²) in [5.41, 5.74) is 1.03. The van der Waals surface area contributed by atoms with E-state index in [4.69, 9.17) is 11.2 Å². The molecule has 0 radical (unpaired) electrons. The smallest absolute Gasteiger partial charge is 0.221 e. The number of benzene rings is 1. The van der Waals surface area contributed by atoms with E-state index in [-0.39, 0.29) is 5.88 Å². The van der Waals surface area contributed by atoms with Gasteiger partial charge in [-0.1, -0.05) is 18.2 Å². The highest BCUT2D eigenvalue weighted by Gasteiger charge is 2.00. The zero-order chi connectivity index (χ0) is 12.1. The predicted molar refractivity (Wildman–Crippen MR) is 63.2 cm³/mol. The molecule has 0 amide bonds. The Bertz CT molecular complexity index is 543. The highest BCUT2D eigenvalue weighted by molar-refractivity contribution is 5.31. The number of halogens is 1. The topological polar surface area (TPSA) is 22.1 Å². The van der Waals surface area contributed by atoms with E-state index in [1.54, 1.807) is 24.3 Å².